The SMILES string of the molecule is COC(=O)CCCC=C1C[C@@H]2C[C@@H](OC(C)=O)[C@@H](C=O)[C@@H]2C1. The van der Waals surface area contributed by atoms with Crippen molar-refractivity contribution in [2.75, 3.05) is 7.11 Å². The van der Waals surface area contributed by atoms with Crippen LogP contribution in [-0.4, -0.2) is 31.4 Å². The van der Waals surface area contributed by atoms with Crippen LogP contribution in [0.1, 0.15) is 45.4 Å². The molecule has 2 fully saturated rings. The van der Waals surface area contributed by atoms with E-state index in [2.05, 4.69) is 10.8 Å². The molecular weight excluding hydrogens is 284 g/mol. The lowest BCUT2D eigenvalue weighted by Crippen LogP contribution is -2.25. The van der Waals surface area contributed by atoms with Gasteiger partial charge in [-0.15, -0.1) is 0 Å². The van der Waals surface area contributed by atoms with Crippen LogP contribution < -0.4 is 0 Å². The van der Waals surface area contributed by atoms with Crippen molar-refractivity contribution >= 4 is 18.2 Å². The Morgan fingerprint density at radius 3 is 2.73 bits per heavy atom. The minimum absolute atomic E-state index is 0.171. The number of carbonyl (C=O) groups excluding carboxylic acids is 3. The van der Waals surface area contributed by atoms with Crippen molar-refractivity contribution in [1.82, 2.24) is 0 Å². The van der Waals surface area contributed by atoms with Gasteiger partial charge in [0.1, 0.15) is 12.4 Å². The molecule has 0 spiro atoms. The van der Waals surface area contributed by atoms with Crippen LogP contribution in [0.25, 0.3) is 0 Å². The molecule has 0 saturated heterocycles. The molecule has 2 aliphatic carbocycles. The number of rotatable bonds is 6. The predicted octanol–water partition coefficient (Wildman–Crippen LogP) is 2.43. The second kappa shape index (κ2) is 7.56. The van der Waals surface area contributed by atoms with Crippen LogP contribution in [0.4, 0.5) is 0 Å². The third-order valence-electron chi connectivity index (χ3n) is 4.81. The number of carbonyl (C=O) groups is 3. The quantitative estimate of drug-likeness (QED) is 0.326. The molecule has 4 atom stereocenters. The average molecular weight is 308 g/mol. The van der Waals surface area contributed by atoms with Gasteiger partial charge < -0.3 is 14.3 Å². The summed E-state index contributed by atoms with van der Waals surface area (Å²) in [4.78, 5) is 33.5. The lowest BCUT2D eigenvalue weighted by Gasteiger charge is -2.18. The molecule has 122 valence electrons. The van der Waals surface area contributed by atoms with Crippen molar-refractivity contribution in [2.45, 2.75) is 51.6 Å². The van der Waals surface area contributed by atoms with Crippen molar-refractivity contribution < 1.29 is 23.9 Å². The van der Waals surface area contributed by atoms with E-state index in [0.717, 1.165) is 38.4 Å². The van der Waals surface area contributed by atoms with E-state index in [-0.39, 0.29) is 24.0 Å². The zero-order chi connectivity index (χ0) is 16.1. The lowest BCUT2D eigenvalue weighted by molar-refractivity contribution is -0.149. The van der Waals surface area contributed by atoms with Crippen molar-refractivity contribution in [3.05, 3.63) is 11.6 Å². The monoisotopic (exact) mass is 308 g/mol. The van der Waals surface area contributed by atoms with Gasteiger partial charge in [0.15, 0.2) is 0 Å². The van der Waals surface area contributed by atoms with Crippen LogP contribution in [0.15, 0.2) is 11.6 Å². The second-order valence-electron chi connectivity index (χ2n) is 6.26. The Labute approximate surface area is 131 Å². The molecule has 0 radical (unpaired) electrons. The Morgan fingerprint density at radius 2 is 2.09 bits per heavy atom. The minimum Gasteiger partial charge on any atom is -0.469 e. The smallest absolute Gasteiger partial charge is 0.305 e. The maximum atomic E-state index is 11.4. The first-order valence-corrected chi connectivity index (χ1v) is 7.92. The number of esters is 2. The van der Waals surface area contributed by atoms with Crippen LogP contribution >= 0.6 is 0 Å². The summed E-state index contributed by atoms with van der Waals surface area (Å²) >= 11 is 0. The summed E-state index contributed by atoms with van der Waals surface area (Å²) < 4.78 is 9.90. The molecule has 2 saturated carbocycles. The molecule has 0 unspecified atom stereocenters. The van der Waals surface area contributed by atoms with Crippen molar-refractivity contribution in [3.8, 4) is 0 Å². The highest BCUT2D eigenvalue weighted by molar-refractivity contribution is 5.69. The molecule has 0 aromatic carbocycles. The minimum atomic E-state index is -0.310. The van der Waals surface area contributed by atoms with Gasteiger partial charge in [-0.05, 0) is 43.9 Å². The summed E-state index contributed by atoms with van der Waals surface area (Å²) in [5.74, 6) is 0.0808. The first-order valence-electron chi connectivity index (χ1n) is 7.92. The van der Waals surface area contributed by atoms with Gasteiger partial charge >= 0.3 is 11.9 Å². The fraction of sp³-hybridized carbons (Fsp3) is 0.706. The van der Waals surface area contributed by atoms with E-state index in [0.29, 0.717) is 18.3 Å². The Balaban J connectivity index is 1.84. The van der Waals surface area contributed by atoms with Gasteiger partial charge in [0.2, 0.25) is 0 Å². The van der Waals surface area contributed by atoms with E-state index in [9.17, 15) is 14.4 Å². The van der Waals surface area contributed by atoms with Crippen molar-refractivity contribution in [3.63, 3.8) is 0 Å². The number of hydrogen-bond acceptors (Lipinski definition) is 5. The van der Waals surface area contributed by atoms with E-state index in [1.165, 1.54) is 19.6 Å². The van der Waals surface area contributed by atoms with Gasteiger partial charge in [0.25, 0.3) is 0 Å². The largest absolute Gasteiger partial charge is 0.469 e. The summed E-state index contributed by atoms with van der Waals surface area (Å²) in [7, 11) is 1.40. The molecule has 2 aliphatic rings. The molecule has 0 N–H and O–H groups in total. The van der Waals surface area contributed by atoms with E-state index >= 15 is 0 Å². The normalized spacial score (nSPS) is 31.8. The standard InChI is InChI=1S/C17H24O5/c1-11(19)22-16-9-13-7-12(8-14(13)15(16)10-18)5-3-4-6-17(20)21-2/h5,10,13-16H,3-4,6-9H2,1-2H3/t13-,14-,15+,16-/m1/s1. The average Bonchev–Trinajstić information content (AvgIpc) is 2.99. The first-order chi connectivity index (χ1) is 10.5. The number of hydrogen-bond donors (Lipinski definition) is 0. The summed E-state index contributed by atoms with van der Waals surface area (Å²) in [6.07, 6.45) is 7.68. The van der Waals surface area contributed by atoms with E-state index in [4.69, 9.17) is 4.74 Å². The molecule has 0 aromatic heterocycles. The molecular formula is C17H24O5. The van der Waals surface area contributed by atoms with Gasteiger partial charge in [-0.1, -0.05) is 11.6 Å². The van der Waals surface area contributed by atoms with Crippen LogP contribution in [0, 0.1) is 17.8 Å². The molecule has 22 heavy (non-hydrogen) atoms. The van der Waals surface area contributed by atoms with Gasteiger partial charge in [0.05, 0.1) is 13.0 Å². The van der Waals surface area contributed by atoms with Crippen LogP contribution in [0.3, 0.4) is 0 Å². The maximum absolute atomic E-state index is 11.4. The van der Waals surface area contributed by atoms with Gasteiger partial charge in [-0.2, -0.15) is 0 Å². The lowest BCUT2D eigenvalue weighted by atomic mass is 9.92. The summed E-state index contributed by atoms with van der Waals surface area (Å²) in [6, 6.07) is 0. The third kappa shape index (κ3) is 3.96. The first kappa shape index (κ1) is 16.7. The van der Waals surface area contributed by atoms with E-state index < -0.39 is 0 Å². The summed E-state index contributed by atoms with van der Waals surface area (Å²) in [5.41, 5.74) is 1.37. The Hall–Kier alpha value is -1.65. The molecule has 5 nitrogen and oxygen atoms in total. The molecule has 0 heterocycles. The number of ether oxygens (including phenoxy) is 2. The van der Waals surface area contributed by atoms with E-state index in [1.807, 2.05) is 0 Å². The summed E-state index contributed by atoms with van der Waals surface area (Å²) in [6.45, 7) is 1.39. The van der Waals surface area contributed by atoms with Gasteiger partial charge in [-0.25, -0.2) is 0 Å². The molecule has 0 aliphatic heterocycles. The Kier molecular flexibility index (Phi) is 5.75. The number of allylic oxidation sites excluding steroid dienone is 2. The fourth-order valence-electron chi connectivity index (χ4n) is 3.83. The molecule has 2 rings (SSSR count). The number of aldehydes is 1. The van der Waals surface area contributed by atoms with Gasteiger partial charge in [-0.3, -0.25) is 9.59 Å². The zero-order valence-corrected chi connectivity index (χ0v) is 13.2. The summed E-state index contributed by atoms with van der Waals surface area (Å²) in [5, 5.41) is 0. The topological polar surface area (TPSA) is 69.7 Å². The predicted molar refractivity (Wildman–Crippen MR) is 79.9 cm³/mol. The zero-order valence-electron chi connectivity index (χ0n) is 13.2. The van der Waals surface area contributed by atoms with E-state index in [1.54, 1.807) is 0 Å². The highest BCUT2D eigenvalue weighted by Gasteiger charge is 2.48. The highest BCUT2D eigenvalue weighted by Crippen LogP contribution is 2.50. The van der Waals surface area contributed by atoms with Crippen molar-refractivity contribution in [2.24, 2.45) is 17.8 Å². The molecule has 0 bridgehead atoms. The van der Waals surface area contributed by atoms with Crippen LogP contribution in [-0.2, 0) is 23.9 Å². The van der Waals surface area contributed by atoms with Crippen molar-refractivity contribution in [1.29, 1.82) is 0 Å². The molecule has 5 heteroatoms. The van der Waals surface area contributed by atoms with Crippen LogP contribution in [0.2, 0.25) is 0 Å². The Bertz CT molecular complexity index is 468. The third-order valence-corrected chi connectivity index (χ3v) is 4.81. The highest BCUT2D eigenvalue weighted by atomic mass is 16.5. The molecule has 0 amide bonds. The number of methoxy groups -OCH3 is 1. The van der Waals surface area contributed by atoms with Gasteiger partial charge in [0, 0.05) is 13.3 Å². The maximum Gasteiger partial charge on any atom is 0.305 e. The van der Waals surface area contributed by atoms with Crippen LogP contribution in [0.5, 0.6) is 0 Å². The molecule has 0 aromatic rings. The Morgan fingerprint density at radius 1 is 1.32 bits per heavy atom. The number of unbranched alkanes of at least 4 members (excludes halogenated alkanes) is 1. The second-order valence-corrected chi connectivity index (χ2v) is 6.26. The number of fused-ring (bicyclic) bond motifs is 1. The fourth-order valence-corrected chi connectivity index (χ4v) is 3.83.